The second kappa shape index (κ2) is 7.49. The van der Waals surface area contributed by atoms with Crippen molar-refractivity contribution >= 4 is 29.0 Å². The average molecular weight is 364 g/mol. The molecule has 0 aliphatic rings. The third-order valence-corrected chi connectivity index (χ3v) is 4.66. The van der Waals surface area contributed by atoms with E-state index < -0.39 is 5.97 Å². The van der Waals surface area contributed by atoms with E-state index in [4.69, 9.17) is 0 Å². The fourth-order valence-corrected chi connectivity index (χ4v) is 3.18. The van der Waals surface area contributed by atoms with E-state index in [-0.39, 0.29) is 5.56 Å². The van der Waals surface area contributed by atoms with E-state index in [1.54, 1.807) is 6.07 Å². The Kier molecular flexibility index (Phi) is 4.73. The molecule has 0 unspecified atom stereocenters. The third kappa shape index (κ3) is 3.69. The van der Waals surface area contributed by atoms with Gasteiger partial charge in [0, 0.05) is 16.5 Å². The van der Waals surface area contributed by atoms with Gasteiger partial charge in [0.2, 0.25) is 0 Å². The molecule has 28 heavy (non-hydrogen) atoms. The molecule has 3 aromatic carbocycles. The molecule has 0 saturated heterocycles. The third-order valence-electron chi connectivity index (χ3n) is 4.66. The van der Waals surface area contributed by atoms with Crippen LogP contribution >= 0.6 is 0 Å². The molecule has 0 amide bonds. The molecule has 3 heteroatoms. The Morgan fingerprint density at radius 1 is 0.857 bits per heavy atom. The van der Waals surface area contributed by atoms with Crippen LogP contribution in [0, 0.1) is 6.92 Å². The zero-order chi connectivity index (χ0) is 19.5. The molecule has 0 spiro atoms. The number of aromatic nitrogens is 1. The molecule has 1 aromatic heterocycles. The van der Waals surface area contributed by atoms with E-state index >= 15 is 0 Å². The maximum absolute atomic E-state index is 11.6. The number of carbonyl (C=O) groups is 1. The molecular weight excluding hydrogens is 346 g/mol. The van der Waals surface area contributed by atoms with Crippen LogP contribution in [0.15, 0.2) is 78.9 Å². The van der Waals surface area contributed by atoms with Crippen molar-refractivity contribution in [2.45, 2.75) is 6.92 Å². The number of fused-ring (bicyclic) bond motifs is 1. The van der Waals surface area contributed by atoms with Gasteiger partial charge in [0.05, 0.1) is 17.2 Å². The van der Waals surface area contributed by atoms with Crippen LogP contribution in [0.4, 0.5) is 0 Å². The predicted molar refractivity (Wildman–Crippen MR) is 112 cm³/mol. The second-order valence-electron chi connectivity index (χ2n) is 6.73. The molecular formula is C25H18NO2-. The first-order valence-electron chi connectivity index (χ1n) is 9.06. The first-order chi connectivity index (χ1) is 13.6. The highest BCUT2D eigenvalue weighted by Gasteiger charge is 2.09. The summed E-state index contributed by atoms with van der Waals surface area (Å²) in [4.78, 5) is 16.3. The molecule has 0 bridgehead atoms. The Morgan fingerprint density at radius 2 is 1.54 bits per heavy atom. The quantitative estimate of drug-likeness (QED) is 0.491. The molecule has 0 saturated carbocycles. The Bertz CT molecular complexity index is 1180. The van der Waals surface area contributed by atoms with Crippen molar-refractivity contribution in [3.63, 3.8) is 0 Å². The largest absolute Gasteiger partial charge is 0.545 e. The van der Waals surface area contributed by atoms with E-state index in [0.29, 0.717) is 16.6 Å². The Hall–Kier alpha value is -3.72. The smallest absolute Gasteiger partial charge is 0.0722 e. The molecule has 136 valence electrons. The summed E-state index contributed by atoms with van der Waals surface area (Å²) in [6.07, 6.45) is 4.10. The number of aryl methyl sites for hydroxylation is 1. The van der Waals surface area contributed by atoms with Crippen LogP contribution in [-0.2, 0) is 0 Å². The van der Waals surface area contributed by atoms with Gasteiger partial charge in [-0.3, -0.25) is 0 Å². The summed E-state index contributed by atoms with van der Waals surface area (Å²) >= 11 is 0. The van der Waals surface area contributed by atoms with E-state index in [0.717, 1.165) is 22.3 Å². The van der Waals surface area contributed by atoms with Crippen LogP contribution in [0.25, 0.3) is 34.3 Å². The SMILES string of the molecule is Cc1ccc2nc(-c3ccc(C=Cc4ccccc4)cc3)cc(C(=O)[O-])c2c1. The zero-order valence-corrected chi connectivity index (χ0v) is 15.4. The number of pyridine rings is 1. The molecule has 0 atom stereocenters. The normalized spacial score (nSPS) is 11.2. The van der Waals surface area contributed by atoms with Crippen molar-refractivity contribution < 1.29 is 9.90 Å². The first-order valence-corrected chi connectivity index (χ1v) is 9.06. The van der Waals surface area contributed by atoms with Gasteiger partial charge in [-0.25, -0.2) is 4.98 Å². The van der Waals surface area contributed by atoms with Crippen LogP contribution < -0.4 is 5.11 Å². The highest BCUT2D eigenvalue weighted by atomic mass is 16.4. The van der Waals surface area contributed by atoms with Gasteiger partial charge in [0.15, 0.2) is 0 Å². The summed E-state index contributed by atoms with van der Waals surface area (Å²) < 4.78 is 0. The molecule has 0 fully saturated rings. The number of aromatic carboxylic acids is 1. The number of benzene rings is 3. The lowest BCUT2D eigenvalue weighted by Gasteiger charge is -2.11. The molecule has 4 aromatic rings. The molecule has 0 radical (unpaired) electrons. The van der Waals surface area contributed by atoms with Gasteiger partial charge in [0.25, 0.3) is 0 Å². The minimum absolute atomic E-state index is 0.164. The standard InChI is InChI=1S/C25H19NO2/c1-17-7-14-23-21(15-17)22(25(27)28)16-24(26-23)20-12-10-19(11-13-20)9-8-18-5-3-2-4-6-18/h2-16H,1H3,(H,27,28)/p-1. The maximum Gasteiger partial charge on any atom is 0.0722 e. The number of rotatable bonds is 4. The molecule has 0 aliphatic carbocycles. The van der Waals surface area contributed by atoms with Crippen LogP contribution in [0.3, 0.4) is 0 Å². The van der Waals surface area contributed by atoms with Gasteiger partial charge in [-0.1, -0.05) is 78.4 Å². The molecule has 0 N–H and O–H groups in total. The van der Waals surface area contributed by atoms with Crippen molar-refractivity contribution in [3.8, 4) is 11.3 Å². The molecule has 3 nitrogen and oxygen atoms in total. The molecule has 1 heterocycles. The van der Waals surface area contributed by atoms with E-state index in [1.807, 2.05) is 85.8 Å². The van der Waals surface area contributed by atoms with Crippen molar-refractivity contribution in [2.24, 2.45) is 0 Å². The van der Waals surface area contributed by atoms with E-state index in [1.165, 1.54) is 0 Å². The van der Waals surface area contributed by atoms with Crippen molar-refractivity contribution in [1.82, 2.24) is 4.98 Å². The molecule has 4 rings (SSSR count). The fourth-order valence-electron chi connectivity index (χ4n) is 3.18. The summed E-state index contributed by atoms with van der Waals surface area (Å²) in [5, 5.41) is 12.2. The lowest BCUT2D eigenvalue weighted by atomic mass is 10.0. The number of carbonyl (C=O) groups excluding carboxylic acids is 1. The highest BCUT2D eigenvalue weighted by Crippen LogP contribution is 2.26. The highest BCUT2D eigenvalue weighted by molar-refractivity contribution is 6.03. The Balaban J connectivity index is 1.69. The van der Waals surface area contributed by atoms with Gasteiger partial charge in [-0.15, -0.1) is 0 Å². The van der Waals surface area contributed by atoms with Crippen LogP contribution in [-0.4, -0.2) is 11.0 Å². The van der Waals surface area contributed by atoms with Gasteiger partial charge >= 0.3 is 0 Å². The second-order valence-corrected chi connectivity index (χ2v) is 6.73. The lowest BCUT2D eigenvalue weighted by molar-refractivity contribution is -0.254. The minimum atomic E-state index is -1.19. The van der Waals surface area contributed by atoms with Gasteiger partial charge < -0.3 is 9.90 Å². The van der Waals surface area contributed by atoms with Crippen LogP contribution in [0.5, 0.6) is 0 Å². The van der Waals surface area contributed by atoms with Gasteiger partial charge in [0.1, 0.15) is 0 Å². The predicted octanol–water partition coefficient (Wildman–Crippen LogP) is 4.74. The van der Waals surface area contributed by atoms with Crippen LogP contribution in [0.2, 0.25) is 0 Å². The summed E-state index contributed by atoms with van der Waals surface area (Å²) in [5.41, 5.74) is 5.47. The Labute approximate surface area is 163 Å². The topological polar surface area (TPSA) is 53.0 Å². The van der Waals surface area contributed by atoms with Crippen molar-refractivity contribution in [2.75, 3.05) is 0 Å². The summed E-state index contributed by atoms with van der Waals surface area (Å²) in [7, 11) is 0. The van der Waals surface area contributed by atoms with Gasteiger partial charge in [-0.05, 0) is 36.2 Å². The van der Waals surface area contributed by atoms with Crippen LogP contribution in [0.1, 0.15) is 27.0 Å². The number of nitrogens with zero attached hydrogens (tertiary/aromatic N) is 1. The number of carboxylic acid groups (broad SMARTS) is 1. The van der Waals surface area contributed by atoms with Crippen molar-refractivity contribution in [3.05, 3.63) is 101 Å². The molecule has 0 aliphatic heterocycles. The number of carboxylic acids is 1. The number of hydrogen-bond donors (Lipinski definition) is 0. The number of hydrogen-bond acceptors (Lipinski definition) is 3. The lowest BCUT2D eigenvalue weighted by Crippen LogP contribution is -2.22. The summed E-state index contributed by atoms with van der Waals surface area (Å²) in [6.45, 7) is 1.92. The monoisotopic (exact) mass is 364 g/mol. The minimum Gasteiger partial charge on any atom is -0.545 e. The summed E-state index contributed by atoms with van der Waals surface area (Å²) in [6, 6.07) is 25.2. The van der Waals surface area contributed by atoms with E-state index in [9.17, 15) is 9.90 Å². The van der Waals surface area contributed by atoms with Crippen molar-refractivity contribution in [1.29, 1.82) is 0 Å². The average Bonchev–Trinajstić information content (AvgIpc) is 2.72. The maximum atomic E-state index is 11.6. The summed E-state index contributed by atoms with van der Waals surface area (Å²) in [5.74, 6) is -1.19. The zero-order valence-electron chi connectivity index (χ0n) is 15.4. The first kappa shape index (κ1) is 17.7. The fraction of sp³-hybridized carbons (Fsp3) is 0.0400. The van der Waals surface area contributed by atoms with E-state index in [2.05, 4.69) is 11.1 Å². The Morgan fingerprint density at radius 3 is 2.21 bits per heavy atom. The van der Waals surface area contributed by atoms with Gasteiger partial charge in [-0.2, -0.15) is 0 Å².